The third kappa shape index (κ3) is 3.29. The monoisotopic (exact) mass is 410 g/mol. The van der Waals surface area contributed by atoms with Crippen LogP contribution in [0.2, 0.25) is 0 Å². The van der Waals surface area contributed by atoms with E-state index in [9.17, 15) is 9.59 Å². The molecule has 7 nitrogen and oxygen atoms in total. The van der Waals surface area contributed by atoms with Crippen LogP contribution in [0.25, 0.3) is 0 Å². The highest BCUT2D eigenvalue weighted by Crippen LogP contribution is 2.49. The summed E-state index contributed by atoms with van der Waals surface area (Å²) in [6.45, 7) is 2.45. The lowest BCUT2D eigenvalue weighted by Crippen LogP contribution is -2.37. The highest BCUT2D eigenvalue weighted by atomic mass is 16.7. The average molecular weight is 410 g/mol. The van der Waals surface area contributed by atoms with E-state index in [0.717, 1.165) is 24.1 Å². The zero-order valence-electron chi connectivity index (χ0n) is 17.4. The molecule has 2 amide bonds. The first-order valence-corrected chi connectivity index (χ1v) is 10.2. The van der Waals surface area contributed by atoms with Gasteiger partial charge in [0.2, 0.25) is 5.91 Å². The number of benzene rings is 2. The Morgan fingerprint density at radius 1 is 1.00 bits per heavy atom. The molecule has 0 saturated carbocycles. The highest BCUT2D eigenvalue weighted by Gasteiger charge is 2.60. The van der Waals surface area contributed by atoms with Gasteiger partial charge in [0.1, 0.15) is 17.4 Å². The van der Waals surface area contributed by atoms with E-state index in [1.807, 2.05) is 49.4 Å². The molecular weight excluding hydrogens is 384 g/mol. The topological polar surface area (TPSA) is 68.3 Å². The zero-order valence-corrected chi connectivity index (χ0v) is 17.4. The van der Waals surface area contributed by atoms with E-state index < -0.39 is 18.1 Å². The van der Waals surface area contributed by atoms with Crippen molar-refractivity contribution in [2.75, 3.05) is 25.8 Å². The number of nitrogens with zero attached hydrogens (tertiary/aromatic N) is 2. The largest absolute Gasteiger partial charge is 0.497 e. The average Bonchev–Trinajstić information content (AvgIpc) is 3.28. The molecule has 2 heterocycles. The number of para-hydroxylation sites is 1. The van der Waals surface area contributed by atoms with Crippen LogP contribution in [0.5, 0.6) is 11.5 Å². The van der Waals surface area contributed by atoms with Crippen LogP contribution in [-0.4, -0.2) is 43.6 Å². The molecule has 0 radical (unpaired) electrons. The number of likely N-dealkylation sites (tertiary alicyclic amines) is 1. The van der Waals surface area contributed by atoms with Gasteiger partial charge in [0.15, 0.2) is 6.10 Å². The fraction of sp³-hybridized carbons (Fsp3) is 0.391. The van der Waals surface area contributed by atoms with Crippen LogP contribution >= 0.6 is 0 Å². The van der Waals surface area contributed by atoms with Crippen molar-refractivity contribution >= 4 is 17.5 Å². The lowest BCUT2D eigenvalue weighted by Gasteiger charge is -2.29. The summed E-state index contributed by atoms with van der Waals surface area (Å²) in [6.07, 6.45) is 0.834. The Morgan fingerprint density at radius 2 is 1.77 bits per heavy atom. The third-order valence-electron chi connectivity index (χ3n) is 5.71. The van der Waals surface area contributed by atoms with Crippen molar-refractivity contribution in [1.29, 1.82) is 0 Å². The van der Waals surface area contributed by atoms with Gasteiger partial charge in [0.05, 0.1) is 25.9 Å². The maximum absolute atomic E-state index is 13.3. The van der Waals surface area contributed by atoms with Crippen LogP contribution in [0.4, 0.5) is 5.69 Å². The third-order valence-corrected chi connectivity index (χ3v) is 5.71. The first kappa shape index (κ1) is 20.2. The fourth-order valence-electron chi connectivity index (χ4n) is 4.19. The normalized spacial score (nSPS) is 23.1. The Morgan fingerprint density at radius 3 is 2.43 bits per heavy atom. The molecule has 0 spiro atoms. The maximum atomic E-state index is 13.3. The number of hydrogen-bond donors (Lipinski definition) is 0. The van der Waals surface area contributed by atoms with Gasteiger partial charge in [0.25, 0.3) is 5.91 Å². The zero-order chi connectivity index (χ0) is 21.3. The van der Waals surface area contributed by atoms with E-state index in [1.165, 1.54) is 4.90 Å². The van der Waals surface area contributed by atoms with Crippen molar-refractivity contribution in [3.63, 3.8) is 0 Å². The summed E-state index contributed by atoms with van der Waals surface area (Å²) < 4.78 is 10.9. The summed E-state index contributed by atoms with van der Waals surface area (Å²) >= 11 is 0. The molecule has 0 bridgehead atoms. The second-order valence-electron chi connectivity index (χ2n) is 7.45. The molecule has 158 valence electrons. The van der Waals surface area contributed by atoms with Crippen molar-refractivity contribution in [3.05, 3.63) is 54.1 Å². The molecule has 2 aliphatic rings. The number of imide groups is 1. The standard InChI is InChI=1S/C23H26N2O5/c1-4-5-13-24-22(26)19-20(17-12-11-16(28-2)14-18(17)29-3)25(30-21(19)23(24)27)15-9-7-6-8-10-15/h6-12,14,19-21H,4-5,13H2,1-3H3/t19-,20-,21-/m1/s1. The Kier molecular flexibility index (Phi) is 5.63. The molecule has 30 heavy (non-hydrogen) atoms. The number of amides is 2. The Hall–Kier alpha value is -3.06. The van der Waals surface area contributed by atoms with Gasteiger partial charge in [-0.25, -0.2) is 5.06 Å². The van der Waals surface area contributed by atoms with Crippen molar-refractivity contribution in [2.24, 2.45) is 5.92 Å². The number of ether oxygens (including phenoxy) is 2. The van der Waals surface area contributed by atoms with E-state index >= 15 is 0 Å². The van der Waals surface area contributed by atoms with Gasteiger partial charge in [0, 0.05) is 18.2 Å². The molecule has 4 rings (SSSR count). The van der Waals surface area contributed by atoms with Crippen LogP contribution < -0.4 is 14.5 Å². The first-order chi connectivity index (χ1) is 14.6. The fourth-order valence-corrected chi connectivity index (χ4v) is 4.19. The minimum absolute atomic E-state index is 0.195. The van der Waals surface area contributed by atoms with Crippen molar-refractivity contribution in [3.8, 4) is 11.5 Å². The van der Waals surface area contributed by atoms with Gasteiger partial charge >= 0.3 is 0 Å². The second kappa shape index (κ2) is 8.36. The van der Waals surface area contributed by atoms with E-state index in [4.69, 9.17) is 14.3 Å². The van der Waals surface area contributed by atoms with Crippen LogP contribution in [0.15, 0.2) is 48.5 Å². The summed E-state index contributed by atoms with van der Waals surface area (Å²) in [4.78, 5) is 33.8. The number of hydrogen-bond acceptors (Lipinski definition) is 6. The minimum Gasteiger partial charge on any atom is -0.497 e. The predicted octanol–water partition coefficient (Wildman–Crippen LogP) is 3.35. The number of anilines is 1. The van der Waals surface area contributed by atoms with Crippen LogP contribution in [0.3, 0.4) is 0 Å². The van der Waals surface area contributed by atoms with E-state index in [1.54, 1.807) is 25.3 Å². The molecule has 0 aliphatic carbocycles. The summed E-state index contributed by atoms with van der Waals surface area (Å²) in [5.74, 6) is 0.124. The molecule has 2 saturated heterocycles. The van der Waals surface area contributed by atoms with Crippen molar-refractivity contribution in [1.82, 2.24) is 4.90 Å². The lowest BCUT2D eigenvalue weighted by atomic mass is 9.90. The van der Waals surface area contributed by atoms with Crippen molar-refractivity contribution < 1.29 is 23.9 Å². The maximum Gasteiger partial charge on any atom is 0.261 e. The number of unbranched alkanes of at least 4 members (excludes halogenated alkanes) is 1. The lowest BCUT2D eigenvalue weighted by molar-refractivity contribution is -0.143. The summed E-state index contributed by atoms with van der Waals surface area (Å²) in [7, 11) is 3.16. The van der Waals surface area contributed by atoms with E-state index in [-0.39, 0.29) is 11.8 Å². The Bertz CT molecular complexity index is 932. The minimum atomic E-state index is -0.841. The quantitative estimate of drug-likeness (QED) is 0.652. The Balaban J connectivity index is 1.79. The summed E-state index contributed by atoms with van der Waals surface area (Å²) in [6, 6.07) is 14.5. The highest BCUT2D eigenvalue weighted by molar-refractivity contribution is 6.07. The molecule has 2 aromatic rings. The van der Waals surface area contributed by atoms with E-state index in [0.29, 0.717) is 18.0 Å². The number of carbonyl (C=O) groups excluding carboxylic acids is 2. The number of carbonyl (C=O) groups is 2. The molecular formula is C23H26N2O5. The summed E-state index contributed by atoms with van der Waals surface area (Å²) in [5, 5.41) is 1.67. The molecule has 2 aliphatic heterocycles. The molecule has 0 N–H and O–H groups in total. The SMILES string of the molecule is CCCCN1C(=O)[C@@H]2[C@@H](c3ccc(OC)cc3OC)N(c3ccccc3)O[C@H]2C1=O. The number of hydroxylamine groups is 1. The molecule has 3 atom stereocenters. The summed E-state index contributed by atoms with van der Waals surface area (Å²) in [5.41, 5.74) is 1.55. The van der Waals surface area contributed by atoms with Gasteiger partial charge in [-0.05, 0) is 30.7 Å². The van der Waals surface area contributed by atoms with Gasteiger partial charge in [-0.15, -0.1) is 0 Å². The molecule has 0 unspecified atom stereocenters. The molecule has 7 heteroatoms. The number of methoxy groups -OCH3 is 2. The number of fused-ring (bicyclic) bond motifs is 1. The first-order valence-electron chi connectivity index (χ1n) is 10.2. The van der Waals surface area contributed by atoms with Gasteiger partial charge < -0.3 is 9.47 Å². The Labute approximate surface area is 176 Å². The van der Waals surface area contributed by atoms with E-state index in [2.05, 4.69) is 0 Å². The van der Waals surface area contributed by atoms with Gasteiger partial charge in [-0.3, -0.25) is 19.3 Å². The second-order valence-corrected chi connectivity index (χ2v) is 7.45. The molecule has 2 aromatic carbocycles. The van der Waals surface area contributed by atoms with Crippen molar-refractivity contribution in [2.45, 2.75) is 31.9 Å². The smallest absolute Gasteiger partial charge is 0.261 e. The predicted molar refractivity (Wildman–Crippen MR) is 111 cm³/mol. The van der Waals surface area contributed by atoms with Gasteiger partial charge in [-0.1, -0.05) is 31.5 Å². The molecule has 0 aromatic heterocycles. The van der Waals surface area contributed by atoms with Crippen LogP contribution in [0, 0.1) is 5.92 Å². The van der Waals surface area contributed by atoms with Crippen LogP contribution in [-0.2, 0) is 14.4 Å². The molecule has 2 fully saturated rings. The van der Waals surface area contributed by atoms with Gasteiger partial charge in [-0.2, -0.15) is 0 Å². The van der Waals surface area contributed by atoms with Crippen LogP contribution in [0.1, 0.15) is 31.4 Å². The number of rotatable bonds is 7.